The van der Waals surface area contributed by atoms with E-state index in [-0.39, 0.29) is 6.10 Å². The Hall–Kier alpha value is -1.43. The first-order valence-corrected chi connectivity index (χ1v) is 7.34. The number of carboxylic acid groups (broad SMARTS) is 1. The Morgan fingerprint density at radius 2 is 2.15 bits per heavy atom. The Bertz CT molecular complexity index is 473. The zero-order valence-electron chi connectivity index (χ0n) is 11.5. The summed E-state index contributed by atoms with van der Waals surface area (Å²) < 4.78 is 10.8. The standard InChI is InChI=1S/C14H20N2O4/c17-13(18)14(5-1-2-6-14)9-12-15-11(16-20-12)8-10-4-3-7-19-10/h10H,1-9H2,(H,17,18). The number of hydrogen-bond acceptors (Lipinski definition) is 5. The van der Waals surface area contributed by atoms with E-state index in [4.69, 9.17) is 9.26 Å². The third kappa shape index (κ3) is 2.70. The molecule has 1 N–H and O–H groups in total. The van der Waals surface area contributed by atoms with Gasteiger partial charge in [-0.2, -0.15) is 4.98 Å². The van der Waals surface area contributed by atoms with Gasteiger partial charge in [0.05, 0.1) is 11.5 Å². The van der Waals surface area contributed by atoms with Crippen LogP contribution in [0.4, 0.5) is 0 Å². The van der Waals surface area contributed by atoms with Crippen LogP contribution < -0.4 is 0 Å². The van der Waals surface area contributed by atoms with Gasteiger partial charge in [-0.25, -0.2) is 0 Å². The molecule has 2 aliphatic rings. The second-order valence-corrected chi connectivity index (χ2v) is 5.91. The van der Waals surface area contributed by atoms with Crippen LogP contribution in [0.1, 0.15) is 50.2 Å². The third-order valence-corrected chi connectivity index (χ3v) is 4.45. The largest absolute Gasteiger partial charge is 0.481 e. The van der Waals surface area contributed by atoms with Crippen LogP contribution in [0.3, 0.4) is 0 Å². The maximum atomic E-state index is 11.5. The zero-order valence-corrected chi connectivity index (χ0v) is 11.5. The molecule has 2 heterocycles. The van der Waals surface area contributed by atoms with E-state index in [0.717, 1.165) is 32.3 Å². The highest BCUT2D eigenvalue weighted by molar-refractivity contribution is 5.75. The van der Waals surface area contributed by atoms with Crippen molar-refractivity contribution in [1.82, 2.24) is 10.1 Å². The number of hydrogen-bond donors (Lipinski definition) is 1. The summed E-state index contributed by atoms with van der Waals surface area (Å²) in [5.74, 6) is 0.335. The van der Waals surface area contributed by atoms with E-state index < -0.39 is 11.4 Å². The van der Waals surface area contributed by atoms with Crippen molar-refractivity contribution in [2.24, 2.45) is 5.41 Å². The Kier molecular flexibility index (Phi) is 3.74. The molecule has 20 heavy (non-hydrogen) atoms. The van der Waals surface area contributed by atoms with Crippen molar-refractivity contribution in [2.75, 3.05) is 6.61 Å². The van der Waals surface area contributed by atoms with Crippen LogP contribution in [0.2, 0.25) is 0 Å². The fourth-order valence-electron chi connectivity index (χ4n) is 3.26. The van der Waals surface area contributed by atoms with Gasteiger partial charge in [-0.1, -0.05) is 18.0 Å². The fourth-order valence-corrected chi connectivity index (χ4v) is 3.26. The molecule has 3 rings (SSSR count). The van der Waals surface area contributed by atoms with Crippen LogP contribution in [0, 0.1) is 5.41 Å². The number of aromatic nitrogens is 2. The average molecular weight is 280 g/mol. The Morgan fingerprint density at radius 1 is 1.35 bits per heavy atom. The fraction of sp³-hybridized carbons (Fsp3) is 0.786. The highest BCUT2D eigenvalue weighted by Crippen LogP contribution is 2.41. The lowest BCUT2D eigenvalue weighted by Crippen LogP contribution is -2.30. The molecule has 0 aromatic carbocycles. The minimum absolute atomic E-state index is 0.181. The number of rotatable bonds is 5. The van der Waals surface area contributed by atoms with E-state index in [9.17, 15) is 9.90 Å². The lowest BCUT2D eigenvalue weighted by atomic mass is 9.83. The molecule has 0 bridgehead atoms. The molecule has 110 valence electrons. The maximum Gasteiger partial charge on any atom is 0.310 e. The van der Waals surface area contributed by atoms with Gasteiger partial charge in [0.25, 0.3) is 0 Å². The van der Waals surface area contributed by atoms with Crippen LogP contribution in [-0.4, -0.2) is 33.9 Å². The van der Waals surface area contributed by atoms with Gasteiger partial charge in [-0.05, 0) is 25.7 Å². The SMILES string of the molecule is O=C(O)C1(Cc2nc(CC3CCCO3)no2)CCCC1. The molecule has 0 amide bonds. The predicted octanol–water partition coefficient (Wildman–Crippen LogP) is 1.98. The predicted molar refractivity (Wildman–Crippen MR) is 69.2 cm³/mol. The first-order chi connectivity index (χ1) is 9.68. The summed E-state index contributed by atoms with van der Waals surface area (Å²) in [6, 6.07) is 0. The lowest BCUT2D eigenvalue weighted by Gasteiger charge is -2.21. The molecule has 1 saturated carbocycles. The Labute approximate surface area is 117 Å². The van der Waals surface area contributed by atoms with Crippen molar-refractivity contribution in [3.63, 3.8) is 0 Å². The van der Waals surface area contributed by atoms with Gasteiger partial charge in [0, 0.05) is 19.4 Å². The quantitative estimate of drug-likeness (QED) is 0.887. The molecular formula is C14H20N2O4. The van der Waals surface area contributed by atoms with Gasteiger partial charge in [0.2, 0.25) is 5.89 Å². The van der Waals surface area contributed by atoms with Gasteiger partial charge in [0.1, 0.15) is 0 Å². The zero-order chi connectivity index (χ0) is 14.0. The third-order valence-electron chi connectivity index (χ3n) is 4.45. The maximum absolute atomic E-state index is 11.5. The van der Waals surface area contributed by atoms with Gasteiger partial charge in [-0.15, -0.1) is 0 Å². The lowest BCUT2D eigenvalue weighted by molar-refractivity contribution is -0.148. The van der Waals surface area contributed by atoms with Crippen LogP contribution in [-0.2, 0) is 22.4 Å². The van der Waals surface area contributed by atoms with Crippen molar-refractivity contribution >= 4 is 5.97 Å². The van der Waals surface area contributed by atoms with E-state index >= 15 is 0 Å². The highest BCUT2D eigenvalue weighted by atomic mass is 16.5. The molecule has 1 aromatic rings. The van der Waals surface area contributed by atoms with E-state index in [0.29, 0.717) is 37.4 Å². The molecule has 6 nitrogen and oxygen atoms in total. The van der Waals surface area contributed by atoms with Crippen LogP contribution in [0.25, 0.3) is 0 Å². The molecule has 0 spiro atoms. The summed E-state index contributed by atoms with van der Waals surface area (Å²) in [5, 5.41) is 13.4. The number of nitrogens with zero attached hydrogens (tertiary/aromatic N) is 2. The number of carbonyl (C=O) groups is 1. The summed E-state index contributed by atoms with van der Waals surface area (Å²) in [6.07, 6.45) is 6.62. The Balaban J connectivity index is 1.65. The summed E-state index contributed by atoms with van der Waals surface area (Å²) in [4.78, 5) is 15.8. The summed E-state index contributed by atoms with van der Waals surface area (Å²) in [7, 11) is 0. The Morgan fingerprint density at radius 3 is 2.80 bits per heavy atom. The first-order valence-electron chi connectivity index (χ1n) is 7.34. The van der Waals surface area contributed by atoms with Crippen molar-refractivity contribution in [1.29, 1.82) is 0 Å². The van der Waals surface area contributed by atoms with Crippen molar-refractivity contribution in [3.05, 3.63) is 11.7 Å². The summed E-state index contributed by atoms with van der Waals surface area (Å²) in [6.45, 7) is 0.803. The topological polar surface area (TPSA) is 85.5 Å². The van der Waals surface area contributed by atoms with Gasteiger partial charge in [0.15, 0.2) is 5.82 Å². The van der Waals surface area contributed by atoms with E-state index in [1.165, 1.54) is 0 Å². The van der Waals surface area contributed by atoms with E-state index in [1.54, 1.807) is 0 Å². The summed E-state index contributed by atoms with van der Waals surface area (Å²) in [5.41, 5.74) is -0.701. The number of ether oxygens (including phenoxy) is 1. The average Bonchev–Trinajstić information content (AvgIpc) is 3.13. The molecule has 1 saturated heterocycles. The number of aliphatic carboxylic acids is 1. The molecule has 2 fully saturated rings. The molecule has 1 aliphatic carbocycles. The van der Waals surface area contributed by atoms with Gasteiger partial charge < -0.3 is 14.4 Å². The van der Waals surface area contributed by atoms with Gasteiger partial charge in [-0.3, -0.25) is 4.79 Å². The molecule has 1 aliphatic heterocycles. The molecule has 1 aromatic heterocycles. The van der Waals surface area contributed by atoms with Crippen molar-refractivity contribution < 1.29 is 19.2 Å². The van der Waals surface area contributed by atoms with Crippen molar-refractivity contribution in [3.8, 4) is 0 Å². The van der Waals surface area contributed by atoms with E-state index in [1.807, 2.05) is 0 Å². The minimum Gasteiger partial charge on any atom is -0.481 e. The van der Waals surface area contributed by atoms with Crippen LogP contribution in [0.5, 0.6) is 0 Å². The number of carboxylic acids is 1. The monoisotopic (exact) mass is 280 g/mol. The van der Waals surface area contributed by atoms with Crippen molar-refractivity contribution in [2.45, 2.75) is 57.5 Å². The molecule has 1 atom stereocenters. The minimum atomic E-state index is -0.742. The molecule has 0 radical (unpaired) electrons. The first kappa shape index (κ1) is 13.5. The highest BCUT2D eigenvalue weighted by Gasteiger charge is 2.42. The summed E-state index contributed by atoms with van der Waals surface area (Å²) >= 11 is 0. The smallest absolute Gasteiger partial charge is 0.310 e. The molecular weight excluding hydrogens is 260 g/mol. The van der Waals surface area contributed by atoms with Gasteiger partial charge >= 0.3 is 5.97 Å². The second-order valence-electron chi connectivity index (χ2n) is 5.91. The molecule has 6 heteroatoms. The van der Waals surface area contributed by atoms with E-state index in [2.05, 4.69) is 10.1 Å². The second kappa shape index (κ2) is 5.52. The van der Waals surface area contributed by atoms with Crippen LogP contribution in [0.15, 0.2) is 4.52 Å². The van der Waals surface area contributed by atoms with Crippen LogP contribution >= 0.6 is 0 Å². The normalized spacial score (nSPS) is 25.1. The molecule has 1 unspecified atom stereocenters.